The monoisotopic (exact) mass is 496 g/mol. The van der Waals surface area contributed by atoms with Crippen molar-refractivity contribution in [1.29, 1.82) is 0 Å². The van der Waals surface area contributed by atoms with E-state index in [-0.39, 0.29) is 18.2 Å². The molecule has 0 aliphatic rings. The second-order valence-electron chi connectivity index (χ2n) is 9.42. The van der Waals surface area contributed by atoms with Gasteiger partial charge in [-0.05, 0) is 55.9 Å². The molecule has 5 N–H and O–H groups in total. The molecule has 0 aliphatic carbocycles. The predicted octanol–water partition coefficient (Wildman–Crippen LogP) is 1.80. The van der Waals surface area contributed by atoms with Crippen LogP contribution < -0.4 is 16.0 Å². The van der Waals surface area contributed by atoms with E-state index in [1.807, 2.05) is 26.8 Å². The minimum Gasteiger partial charge on any atom is -0.426 e. The number of rotatable bonds is 13. The van der Waals surface area contributed by atoms with Crippen molar-refractivity contribution < 1.29 is 24.4 Å². The number of hydrogen-bond donors (Lipinski definition) is 5. The van der Waals surface area contributed by atoms with Crippen molar-refractivity contribution >= 4 is 24.8 Å². The van der Waals surface area contributed by atoms with Gasteiger partial charge in [-0.25, -0.2) is 0 Å². The molecule has 0 bridgehead atoms. The van der Waals surface area contributed by atoms with E-state index in [4.69, 9.17) is 0 Å². The van der Waals surface area contributed by atoms with Crippen LogP contribution in [0, 0.1) is 12.8 Å². The zero-order valence-electron chi connectivity index (χ0n) is 21.5. The summed E-state index contributed by atoms with van der Waals surface area (Å²) in [5, 5.41) is 27.3. The highest BCUT2D eigenvalue weighted by Crippen LogP contribution is 2.08. The fraction of sp³-hybridized carbons (Fsp3) is 0.462. The fourth-order valence-corrected chi connectivity index (χ4v) is 3.58. The molecule has 0 unspecified atom stereocenters. The Balaban J connectivity index is 2.15. The Kier molecular flexibility index (Phi) is 11.6. The van der Waals surface area contributed by atoms with Gasteiger partial charge in [0.1, 0.15) is 11.7 Å². The first-order valence-electron chi connectivity index (χ1n) is 12.4. The van der Waals surface area contributed by atoms with Crippen LogP contribution in [0.2, 0.25) is 0 Å². The number of carbonyl (C=O) groups excluding carboxylic acids is 3. The van der Waals surface area contributed by atoms with Crippen LogP contribution >= 0.6 is 0 Å². The molecule has 9 nitrogen and oxygen atoms in total. The highest BCUT2D eigenvalue weighted by molar-refractivity contribution is 6.43. The van der Waals surface area contributed by atoms with Crippen molar-refractivity contribution in [1.82, 2.24) is 20.9 Å². The molecular weight excluding hydrogens is 459 g/mol. The summed E-state index contributed by atoms with van der Waals surface area (Å²) in [5.74, 6) is -2.47. The Morgan fingerprint density at radius 2 is 1.69 bits per heavy atom. The maximum atomic E-state index is 13.1. The Hall–Kier alpha value is -3.24. The SMILES string of the molecule is CCCCc1ccc(C(=O)N[C@@H](CNC(=O)c2ccc(C)cc2)C(=O)N[C@@H](CC(C)C)B(O)O)nc1. The van der Waals surface area contributed by atoms with E-state index in [9.17, 15) is 24.4 Å². The number of benzene rings is 1. The fourth-order valence-electron chi connectivity index (χ4n) is 3.58. The molecule has 0 spiro atoms. The van der Waals surface area contributed by atoms with E-state index in [1.165, 1.54) is 0 Å². The van der Waals surface area contributed by atoms with Gasteiger partial charge in [-0.2, -0.15) is 0 Å². The van der Waals surface area contributed by atoms with Crippen LogP contribution in [0.5, 0.6) is 0 Å². The Bertz CT molecular complexity index is 996. The first-order valence-corrected chi connectivity index (χ1v) is 12.4. The van der Waals surface area contributed by atoms with Crippen LogP contribution in [-0.2, 0) is 11.2 Å². The van der Waals surface area contributed by atoms with Crippen molar-refractivity contribution in [2.75, 3.05) is 6.54 Å². The quantitative estimate of drug-likeness (QED) is 0.268. The summed E-state index contributed by atoms with van der Waals surface area (Å²) in [7, 11) is -1.77. The lowest BCUT2D eigenvalue weighted by molar-refractivity contribution is -0.123. The summed E-state index contributed by atoms with van der Waals surface area (Å²) in [6, 6.07) is 9.20. The maximum Gasteiger partial charge on any atom is 0.475 e. The molecule has 1 aromatic heterocycles. The van der Waals surface area contributed by atoms with Crippen molar-refractivity contribution in [3.63, 3.8) is 0 Å². The molecule has 0 saturated heterocycles. The summed E-state index contributed by atoms with van der Waals surface area (Å²) >= 11 is 0. The van der Waals surface area contributed by atoms with Crippen molar-refractivity contribution in [2.24, 2.45) is 5.92 Å². The first kappa shape index (κ1) is 29.0. The molecule has 1 aromatic carbocycles. The average Bonchev–Trinajstić information content (AvgIpc) is 2.84. The third-order valence-corrected chi connectivity index (χ3v) is 5.69. The van der Waals surface area contributed by atoms with Gasteiger partial charge in [0.05, 0.1) is 5.94 Å². The number of hydrogen-bond acceptors (Lipinski definition) is 6. The maximum absolute atomic E-state index is 13.1. The van der Waals surface area contributed by atoms with Gasteiger partial charge in [0.15, 0.2) is 0 Å². The number of pyridine rings is 1. The number of aryl methyl sites for hydroxylation is 2. The zero-order chi connectivity index (χ0) is 26.7. The van der Waals surface area contributed by atoms with Crippen LogP contribution in [-0.4, -0.2) is 58.4 Å². The molecule has 2 rings (SSSR count). The molecule has 194 valence electrons. The van der Waals surface area contributed by atoms with E-state index in [0.29, 0.717) is 12.0 Å². The summed E-state index contributed by atoms with van der Waals surface area (Å²) in [6.45, 7) is 7.58. The number of aromatic nitrogens is 1. The van der Waals surface area contributed by atoms with Crippen LogP contribution in [0.1, 0.15) is 72.0 Å². The smallest absolute Gasteiger partial charge is 0.426 e. The van der Waals surface area contributed by atoms with Crippen LogP contribution in [0.15, 0.2) is 42.6 Å². The molecule has 3 amide bonds. The van der Waals surface area contributed by atoms with Gasteiger partial charge in [-0.15, -0.1) is 0 Å². The average molecular weight is 496 g/mol. The van der Waals surface area contributed by atoms with Crippen molar-refractivity contribution in [2.45, 2.75) is 65.4 Å². The van der Waals surface area contributed by atoms with Gasteiger partial charge in [0.25, 0.3) is 11.8 Å². The van der Waals surface area contributed by atoms with Gasteiger partial charge in [0.2, 0.25) is 5.91 Å². The summed E-state index contributed by atoms with van der Waals surface area (Å²) < 4.78 is 0. The second-order valence-corrected chi connectivity index (χ2v) is 9.42. The van der Waals surface area contributed by atoms with E-state index in [0.717, 1.165) is 30.4 Å². The highest BCUT2D eigenvalue weighted by Gasteiger charge is 2.30. The molecule has 0 fully saturated rings. The lowest BCUT2D eigenvalue weighted by Gasteiger charge is -2.24. The molecule has 2 atom stereocenters. The third kappa shape index (κ3) is 9.43. The summed E-state index contributed by atoms with van der Waals surface area (Å²) in [5.41, 5.74) is 2.57. The van der Waals surface area contributed by atoms with Gasteiger partial charge in [0, 0.05) is 18.3 Å². The highest BCUT2D eigenvalue weighted by atomic mass is 16.4. The standard InChI is InChI=1S/C26H37BN4O5/c1-5-6-7-19-10-13-21(28-15-19)25(33)30-22(26(34)31-23(27(35)36)14-17(2)3)16-29-24(32)20-11-8-18(4)9-12-20/h8-13,15,17,22-23,35-36H,5-7,14,16H2,1-4H3,(H,29,32)(H,30,33)(H,31,34)/t22-,23-/m0/s1. The summed E-state index contributed by atoms with van der Waals surface area (Å²) in [4.78, 5) is 42.7. The number of nitrogens with one attached hydrogen (secondary N) is 3. The van der Waals surface area contributed by atoms with E-state index < -0.39 is 36.8 Å². The lowest BCUT2D eigenvalue weighted by Crippen LogP contribution is -2.57. The third-order valence-electron chi connectivity index (χ3n) is 5.69. The first-order chi connectivity index (χ1) is 17.1. The molecule has 0 saturated carbocycles. The van der Waals surface area contributed by atoms with Crippen LogP contribution in [0.3, 0.4) is 0 Å². The van der Waals surface area contributed by atoms with Gasteiger partial charge >= 0.3 is 7.12 Å². The normalized spacial score (nSPS) is 12.5. The van der Waals surface area contributed by atoms with E-state index in [2.05, 4.69) is 27.9 Å². The Morgan fingerprint density at radius 3 is 2.25 bits per heavy atom. The molecule has 36 heavy (non-hydrogen) atoms. The Morgan fingerprint density at radius 1 is 1.00 bits per heavy atom. The predicted molar refractivity (Wildman–Crippen MR) is 139 cm³/mol. The molecule has 10 heteroatoms. The van der Waals surface area contributed by atoms with E-state index >= 15 is 0 Å². The summed E-state index contributed by atoms with van der Waals surface area (Å²) in [6.07, 6.45) is 4.89. The van der Waals surface area contributed by atoms with E-state index in [1.54, 1.807) is 36.5 Å². The number of unbranched alkanes of at least 4 members (excludes halogenated alkanes) is 1. The minimum absolute atomic E-state index is 0.0850. The van der Waals surface area contributed by atoms with Gasteiger partial charge in [-0.1, -0.05) is 51.0 Å². The van der Waals surface area contributed by atoms with Crippen molar-refractivity contribution in [3.8, 4) is 0 Å². The minimum atomic E-state index is -1.77. The van der Waals surface area contributed by atoms with Crippen molar-refractivity contribution in [3.05, 3.63) is 65.0 Å². The van der Waals surface area contributed by atoms with Crippen LogP contribution in [0.25, 0.3) is 0 Å². The molecule has 2 aromatic rings. The second kappa shape index (κ2) is 14.4. The number of amides is 3. The molecule has 1 heterocycles. The lowest BCUT2D eigenvalue weighted by atomic mass is 9.75. The van der Waals surface area contributed by atoms with Crippen LogP contribution in [0.4, 0.5) is 0 Å². The molecular formula is C26H37BN4O5. The van der Waals surface area contributed by atoms with Gasteiger partial charge < -0.3 is 26.0 Å². The van der Waals surface area contributed by atoms with Gasteiger partial charge in [-0.3, -0.25) is 19.4 Å². The molecule has 0 radical (unpaired) electrons. The largest absolute Gasteiger partial charge is 0.475 e. The number of carbonyl (C=O) groups is 3. The molecule has 0 aliphatic heterocycles. The Labute approximate surface area is 213 Å². The number of nitrogens with zero attached hydrogens (tertiary/aromatic N) is 1. The zero-order valence-corrected chi connectivity index (χ0v) is 21.5. The topological polar surface area (TPSA) is 141 Å².